The molecule has 0 spiro atoms. The minimum atomic E-state index is -4.32. The lowest BCUT2D eigenvalue weighted by atomic mass is 10.0. The van der Waals surface area contributed by atoms with E-state index in [0.29, 0.717) is 23.5 Å². The van der Waals surface area contributed by atoms with Crippen molar-refractivity contribution in [1.29, 1.82) is 5.26 Å². The van der Waals surface area contributed by atoms with E-state index in [9.17, 15) is 18.4 Å². The third-order valence-corrected chi connectivity index (χ3v) is 4.98. The highest BCUT2D eigenvalue weighted by molar-refractivity contribution is 5.53. The molecule has 0 bridgehead atoms. The van der Waals surface area contributed by atoms with Gasteiger partial charge in [0.1, 0.15) is 11.9 Å². The second-order valence-electron chi connectivity index (χ2n) is 6.82. The Morgan fingerprint density at radius 3 is 2.63 bits per heavy atom. The number of rotatable bonds is 4. The van der Waals surface area contributed by atoms with Crippen LogP contribution in [0.15, 0.2) is 42.6 Å². The Bertz CT molecular complexity index is 820. The molecule has 7 heteroatoms. The van der Waals surface area contributed by atoms with Crippen LogP contribution in [0.4, 0.5) is 19.0 Å². The first kappa shape index (κ1) is 19.2. The molecule has 0 saturated carbocycles. The van der Waals surface area contributed by atoms with Crippen LogP contribution in [-0.2, 0) is 12.7 Å². The maximum atomic E-state index is 12.9. The molecule has 2 aromatic rings. The highest BCUT2D eigenvalue weighted by atomic mass is 19.4. The van der Waals surface area contributed by atoms with Gasteiger partial charge in [-0.2, -0.15) is 18.4 Å². The number of alkyl halides is 3. The largest absolute Gasteiger partial charge is 0.416 e. The predicted octanol–water partition coefficient (Wildman–Crippen LogP) is 4.07. The van der Waals surface area contributed by atoms with Gasteiger partial charge in [0.25, 0.3) is 0 Å². The molecule has 1 fully saturated rings. The smallest absolute Gasteiger partial charge is 0.355 e. The van der Waals surface area contributed by atoms with E-state index in [2.05, 4.69) is 20.9 Å². The molecule has 0 aliphatic carbocycles. The summed E-state index contributed by atoms with van der Waals surface area (Å²) >= 11 is 0. The fourth-order valence-corrected chi connectivity index (χ4v) is 3.52. The van der Waals surface area contributed by atoms with E-state index in [1.807, 2.05) is 7.05 Å². The van der Waals surface area contributed by atoms with Gasteiger partial charge in [0.05, 0.1) is 11.1 Å². The Labute approximate surface area is 156 Å². The average Bonchev–Trinajstić information content (AvgIpc) is 2.67. The van der Waals surface area contributed by atoms with Crippen LogP contribution in [0.1, 0.15) is 29.5 Å². The summed E-state index contributed by atoms with van der Waals surface area (Å²) in [5.74, 6) is 0.707. The van der Waals surface area contributed by atoms with E-state index < -0.39 is 11.7 Å². The van der Waals surface area contributed by atoms with Crippen LogP contribution in [0.3, 0.4) is 0 Å². The van der Waals surface area contributed by atoms with Gasteiger partial charge >= 0.3 is 6.18 Å². The number of aromatic nitrogens is 1. The molecule has 0 radical (unpaired) electrons. The number of nitriles is 1. The molecule has 0 amide bonds. The van der Waals surface area contributed by atoms with Gasteiger partial charge in [0, 0.05) is 31.9 Å². The van der Waals surface area contributed by atoms with E-state index in [4.69, 9.17) is 0 Å². The zero-order valence-electron chi connectivity index (χ0n) is 15.1. The van der Waals surface area contributed by atoms with E-state index >= 15 is 0 Å². The van der Waals surface area contributed by atoms with Crippen molar-refractivity contribution in [3.63, 3.8) is 0 Å². The number of hydrogen-bond acceptors (Lipinski definition) is 4. The number of piperidine rings is 1. The first-order valence-corrected chi connectivity index (χ1v) is 8.85. The fourth-order valence-electron chi connectivity index (χ4n) is 3.52. The maximum absolute atomic E-state index is 12.9. The first-order valence-electron chi connectivity index (χ1n) is 8.85. The molecule has 142 valence electrons. The average molecular weight is 374 g/mol. The van der Waals surface area contributed by atoms with Crippen molar-refractivity contribution in [2.45, 2.75) is 31.6 Å². The molecule has 0 N–H and O–H groups in total. The van der Waals surface area contributed by atoms with Crippen LogP contribution in [0.2, 0.25) is 0 Å². The lowest BCUT2D eigenvalue weighted by Crippen LogP contribution is -2.43. The topological polar surface area (TPSA) is 43.2 Å². The zero-order chi connectivity index (χ0) is 19.4. The molecular weight excluding hydrogens is 353 g/mol. The Balaban J connectivity index is 1.61. The van der Waals surface area contributed by atoms with Gasteiger partial charge in [-0.1, -0.05) is 18.2 Å². The van der Waals surface area contributed by atoms with E-state index in [0.717, 1.165) is 32.0 Å². The Morgan fingerprint density at radius 1 is 1.22 bits per heavy atom. The number of halogens is 3. The third-order valence-electron chi connectivity index (χ3n) is 4.98. The summed E-state index contributed by atoms with van der Waals surface area (Å²) in [5, 5.41) is 9.23. The highest BCUT2D eigenvalue weighted by Crippen LogP contribution is 2.30. The Kier molecular flexibility index (Phi) is 5.66. The van der Waals surface area contributed by atoms with Gasteiger partial charge in [0.2, 0.25) is 0 Å². The summed E-state index contributed by atoms with van der Waals surface area (Å²) in [6.07, 6.45) is -0.892. The lowest BCUT2D eigenvalue weighted by molar-refractivity contribution is -0.137. The van der Waals surface area contributed by atoms with Crippen molar-refractivity contribution >= 4 is 5.82 Å². The van der Waals surface area contributed by atoms with E-state index in [1.54, 1.807) is 24.4 Å². The van der Waals surface area contributed by atoms with Gasteiger partial charge < -0.3 is 4.90 Å². The molecule has 1 saturated heterocycles. The number of hydrogen-bond donors (Lipinski definition) is 0. The van der Waals surface area contributed by atoms with Gasteiger partial charge in [0.15, 0.2) is 0 Å². The van der Waals surface area contributed by atoms with Crippen LogP contribution in [0, 0.1) is 11.3 Å². The fraction of sp³-hybridized carbons (Fsp3) is 0.400. The van der Waals surface area contributed by atoms with E-state index in [1.165, 1.54) is 12.1 Å². The monoisotopic (exact) mass is 374 g/mol. The number of anilines is 1. The second kappa shape index (κ2) is 7.97. The molecule has 4 nitrogen and oxygen atoms in total. The molecule has 1 aliphatic heterocycles. The molecule has 3 rings (SSSR count). The minimum Gasteiger partial charge on any atom is -0.355 e. The molecule has 0 atom stereocenters. The Hall–Kier alpha value is -2.59. The normalized spacial score (nSPS) is 15.8. The Morgan fingerprint density at radius 2 is 1.96 bits per heavy atom. The third kappa shape index (κ3) is 4.58. The van der Waals surface area contributed by atoms with Crippen LogP contribution in [0.25, 0.3) is 0 Å². The highest BCUT2D eigenvalue weighted by Gasteiger charge is 2.30. The molecule has 1 aromatic carbocycles. The summed E-state index contributed by atoms with van der Waals surface area (Å²) in [7, 11) is 1.95. The quantitative estimate of drug-likeness (QED) is 0.809. The van der Waals surface area contributed by atoms with Crippen molar-refractivity contribution in [1.82, 2.24) is 9.88 Å². The van der Waals surface area contributed by atoms with Gasteiger partial charge in [-0.05, 0) is 43.7 Å². The summed E-state index contributed by atoms with van der Waals surface area (Å²) in [6.45, 7) is 2.01. The molecule has 2 heterocycles. The molecule has 0 unspecified atom stereocenters. The van der Waals surface area contributed by atoms with Gasteiger partial charge in [-0.3, -0.25) is 4.90 Å². The summed E-state index contributed by atoms with van der Waals surface area (Å²) in [6, 6.07) is 11.5. The van der Waals surface area contributed by atoms with Gasteiger partial charge in [-0.25, -0.2) is 4.98 Å². The number of pyridine rings is 1. The first-order chi connectivity index (χ1) is 12.9. The molecule has 1 aliphatic rings. The van der Waals surface area contributed by atoms with Crippen molar-refractivity contribution < 1.29 is 13.2 Å². The van der Waals surface area contributed by atoms with Crippen LogP contribution in [0.5, 0.6) is 0 Å². The summed E-state index contributed by atoms with van der Waals surface area (Å²) < 4.78 is 38.6. The van der Waals surface area contributed by atoms with Crippen molar-refractivity contribution in [2.24, 2.45) is 0 Å². The van der Waals surface area contributed by atoms with Crippen molar-refractivity contribution in [2.75, 3.05) is 25.0 Å². The number of benzene rings is 1. The molecule has 1 aromatic heterocycles. The summed E-state index contributed by atoms with van der Waals surface area (Å²) in [5.41, 5.74) is 0.613. The summed E-state index contributed by atoms with van der Waals surface area (Å²) in [4.78, 5) is 8.54. The van der Waals surface area contributed by atoms with Crippen LogP contribution in [-0.4, -0.2) is 36.1 Å². The standard InChI is InChI=1S/C20H21F3N4/c1-26(14-15-4-2-6-17(12-15)20(21,22)23)18-7-10-27(11-8-18)19-16(13-24)5-3-9-25-19/h2-6,9,12,18H,7-8,10-11,14H2,1H3. The predicted molar refractivity (Wildman–Crippen MR) is 97.1 cm³/mol. The second-order valence-corrected chi connectivity index (χ2v) is 6.82. The molecule has 27 heavy (non-hydrogen) atoms. The minimum absolute atomic E-state index is 0.282. The van der Waals surface area contributed by atoms with Crippen molar-refractivity contribution in [3.05, 3.63) is 59.3 Å². The maximum Gasteiger partial charge on any atom is 0.416 e. The van der Waals surface area contributed by atoms with Gasteiger partial charge in [-0.15, -0.1) is 0 Å². The van der Waals surface area contributed by atoms with Crippen molar-refractivity contribution in [3.8, 4) is 6.07 Å². The molecular formula is C20H21F3N4. The SMILES string of the molecule is CN(Cc1cccc(C(F)(F)F)c1)C1CCN(c2ncccc2C#N)CC1. The zero-order valence-corrected chi connectivity index (χ0v) is 15.1. The number of nitrogens with zero attached hydrogens (tertiary/aromatic N) is 4. The van der Waals surface area contributed by atoms with Crippen LogP contribution < -0.4 is 4.90 Å². The van der Waals surface area contributed by atoms with E-state index in [-0.39, 0.29) is 6.04 Å². The van der Waals surface area contributed by atoms with Crippen LogP contribution >= 0.6 is 0 Å². The lowest BCUT2D eigenvalue weighted by Gasteiger charge is -2.37.